The van der Waals surface area contributed by atoms with Gasteiger partial charge in [0.25, 0.3) is 5.91 Å². The van der Waals surface area contributed by atoms with E-state index < -0.39 is 0 Å². The number of anilines is 1. The Bertz CT molecular complexity index is 1140. The lowest BCUT2D eigenvalue weighted by Crippen LogP contribution is -2.15. The number of hydrogen-bond acceptors (Lipinski definition) is 4. The summed E-state index contributed by atoms with van der Waals surface area (Å²) in [7, 11) is 0. The first-order chi connectivity index (χ1) is 14.1. The summed E-state index contributed by atoms with van der Waals surface area (Å²) >= 11 is 0. The molecule has 4 aromatic rings. The summed E-state index contributed by atoms with van der Waals surface area (Å²) in [4.78, 5) is 26.2. The van der Waals surface area contributed by atoms with Gasteiger partial charge in [0.1, 0.15) is 0 Å². The van der Waals surface area contributed by atoms with Gasteiger partial charge in [-0.05, 0) is 38.1 Å². The molecule has 2 heterocycles. The number of rotatable bonds is 4. The van der Waals surface area contributed by atoms with Gasteiger partial charge in [0.15, 0.2) is 5.82 Å². The van der Waals surface area contributed by atoms with Crippen molar-refractivity contribution in [3.63, 3.8) is 0 Å². The number of aryl methyl sites for hydroxylation is 2. The molecule has 0 radical (unpaired) electrons. The zero-order chi connectivity index (χ0) is 20.2. The number of carbonyl (C=O) groups is 1. The molecule has 142 valence electrons. The first-order valence-electron chi connectivity index (χ1n) is 9.32. The number of benzene rings is 2. The van der Waals surface area contributed by atoms with Crippen molar-refractivity contribution >= 4 is 11.6 Å². The Morgan fingerprint density at radius 3 is 2.07 bits per heavy atom. The van der Waals surface area contributed by atoms with E-state index in [0.717, 1.165) is 27.9 Å². The van der Waals surface area contributed by atoms with Crippen molar-refractivity contribution < 1.29 is 4.79 Å². The van der Waals surface area contributed by atoms with Crippen LogP contribution in [-0.2, 0) is 0 Å². The fourth-order valence-corrected chi connectivity index (χ4v) is 2.95. The van der Waals surface area contributed by atoms with Gasteiger partial charge in [-0.1, -0.05) is 47.5 Å². The summed E-state index contributed by atoms with van der Waals surface area (Å²) in [5.74, 6) is 0.319. The van der Waals surface area contributed by atoms with Crippen LogP contribution in [0.4, 0.5) is 5.69 Å². The predicted octanol–water partition coefficient (Wildman–Crippen LogP) is 5.07. The molecule has 29 heavy (non-hydrogen) atoms. The van der Waals surface area contributed by atoms with Crippen molar-refractivity contribution in [2.45, 2.75) is 13.8 Å². The average Bonchev–Trinajstić information content (AvgIpc) is 2.76. The number of carbonyl (C=O) groups excluding carboxylic acids is 1. The molecule has 0 aliphatic heterocycles. The molecular formula is C24H20N4O. The Hall–Kier alpha value is -3.86. The second-order valence-electron chi connectivity index (χ2n) is 6.88. The van der Waals surface area contributed by atoms with Gasteiger partial charge in [-0.15, -0.1) is 0 Å². The maximum Gasteiger partial charge on any atom is 0.259 e. The van der Waals surface area contributed by atoms with Crippen molar-refractivity contribution in [3.05, 3.63) is 95.9 Å². The summed E-state index contributed by atoms with van der Waals surface area (Å²) in [6.07, 6.45) is 4.96. The molecule has 0 bridgehead atoms. The van der Waals surface area contributed by atoms with Crippen LogP contribution in [0.2, 0.25) is 0 Å². The summed E-state index contributed by atoms with van der Waals surface area (Å²) in [5, 5.41) is 2.93. The minimum Gasteiger partial charge on any atom is -0.322 e. The Balaban J connectivity index is 1.75. The maximum absolute atomic E-state index is 13.0. The van der Waals surface area contributed by atoms with Crippen LogP contribution in [0.15, 0.2) is 79.3 Å². The molecule has 0 aliphatic carbocycles. The van der Waals surface area contributed by atoms with Gasteiger partial charge in [-0.3, -0.25) is 9.78 Å². The van der Waals surface area contributed by atoms with E-state index in [4.69, 9.17) is 4.98 Å². The molecule has 2 aromatic carbocycles. The third kappa shape index (κ3) is 4.19. The maximum atomic E-state index is 13.0. The van der Waals surface area contributed by atoms with E-state index in [-0.39, 0.29) is 5.91 Å². The van der Waals surface area contributed by atoms with E-state index in [1.54, 1.807) is 18.6 Å². The van der Waals surface area contributed by atoms with Crippen LogP contribution >= 0.6 is 0 Å². The summed E-state index contributed by atoms with van der Waals surface area (Å²) in [5.41, 5.74) is 5.71. The van der Waals surface area contributed by atoms with Crippen LogP contribution in [0, 0.1) is 13.8 Å². The van der Waals surface area contributed by atoms with Crippen LogP contribution in [0.1, 0.15) is 21.5 Å². The highest BCUT2D eigenvalue weighted by Gasteiger charge is 2.17. The van der Waals surface area contributed by atoms with Gasteiger partial charge in [0.2, 0.25) is 0 Å². The number of hydrogen-bond donors (Lipinski definition) is 1. The Morgan fingerprint density at radius 2 is 1.41 bits per heavy atom. The van der Waals surface area contributed by atoms with Crippen molar-refractivity contribution in [2.24, 2.45) is 0 Å². The molecule has 1 amide bonds. The van der Waals surface area contributed by atoms with E-state index in [2.05, 4.69) is 15.3 Å². The van der Waals surface area contributed by atoms with Gasteiger partial charge in [-0.25, -0.2) is 9.97 Å². The molecule has 0 saturated carbocycles. The van der Waals surface area contributed by atoms with Crippen molar-refractivity contribution in [3.8, 4) is 22.6 Å². The minimum atomic E-state index is -0.254. The summed E-state index contributed by atoms with van der Waals surface area (Å²) in [6.45, 7) is 4.04. The molecule has 1 N–H and O–H groups in total. The van der Waals surface area contributed by atoms with E-state index in [1.807, 2.05) is 74.5 Å². The first kappa shape index (κ1) is 18.5. The molecule has 5 heteroatoms. The van der Waals surface area contributed by atoms with E-state index in [0.29, 0.717) is 17.1 Å². The first-order valence-corrected chi connectivity index (χ1v) is 9.32. The van der Waals surface area contributed by atoms with Crippen molar-refractivity contribution in [2.75, 3.05) is 5.32 Å². The Labute approximate surface area is 169 Å². The number of amides is 1. The lowest BCUT2D eigenvalue weighted by molar-refractivity contribution is 0.102. The highest BCUT2D eigenvalue weighted by Crippen LogP contribution is 2.25. The minimum absolute atomic E-state index is 0.254. The Kier molecular flexibility index (Phi) is 5.12. The van der Waals surface area contributed by atoms with Crippen molar-refractivity contribution in [1.29, 1.82) is 0 Å². The predicted molar refractivity (Wildman–Crippen MR) is 115 cm³/mol. The third-order valence-corrected chi connectivity index (χ3v) is 4.61. The van der Waals surface area contributed by atoms with E-state index in [1.165, 1.54) is 0 Å². The SMILES string of the molecule is Cc1ccc(NC(=O)c2cnc(-c3ccc(C)cc3)nc2-c2ccncc2)cc1. The monoisotopic (exact) mass is 380 g/mol. The van der Waals surface area contributed by atoms with Gasteiger partial charge < -0.3 is 5.32 Å². The van der Waals surface area contributed by atoms with E-state index >= 15 is 0 Å². The molecule has 4 rings (SSSR count). The standard InChI is InChI=1S/C24H20N4O/c1-16-3-7-19(8-4-16)23-26-15-21(22(28-23)18-11-13-25-14-12-18)24(29)27-20-9-5-17(2)6-10-20/h3-15H,1-2H3,(H,27,29). The van der Waals surface area contributed by atoms with Crippen LogP contribution in [0.5, 0.6) is 0 Å². The van der Waals surface area contributed by atoms with Crippen LogP contribution < -0.4 is 5.32 Å². The zero-order valence-corrected chi connectivity index (χ0v) is 16.3. The fraction of sp³-hybridized carbons (Fsp3) is 0.0833. The number of nitrogens with zero attached hydrogens (tertiary/aromatic N) is 3. The normalized spacial score (nSPS) is 10.6. The highest BCUT2D eigenvalue weighted by molar-refractivity contribution is 6.08. The second-order valence-corrected chi connectivity index (χ2v) is 6.88. The lowest BCUT2D eigenvalue weighted by Gasteiger charge is -2.11. The van der Waals surface area contributed by atoms with Gasteiger partial charge in [0, 0.05) is 35.4 Å². The quantitative estimate of drug-likeness (QED) is 0.536. The van der Waals surface area contributed by atoms with Gasteiger partial charge in [0.05, 0.1) is 11.3 Å². The molecule has 0 fully saturated rings. The van der Waals surface area contributed by atoms with Crippen molar-refractivity contribution in [1.82, 2.24) is 15.0 Å². The average molecular weight is 380 g/mol. The highest BCUT2D eigenvalue weighted by atomic mass is 16.1. The third-order valence-electron chi connectivity index (χ3n) is 4.61. The largest absolute Gasteiger partial charge is 0.322 e. The van der Waals surface area contributed by atoms with Crippen LogP contribution in [0.3, 0.4) is 0 Å². The second kappa shape index (κ2) is 8.02. The van der Waals surface area contributed by atoms with Gasteiger partial charge in [-0.2, -0.15) is 0 Å². The smallest absolute Gasteiger partial charge is 0.259 e. The topological polar surface area (TPSA) is 67.8 Å². The Morgan fingerprint density at radius 1 is 0.793 bits per heavy atom. The molecule has 0 spiro atoms. The zero-order valence-electron chi connectivity index (χ0n) is 16.3. The molecule has 0 aliphatic rings. The number of pyridine rings is 1. The molecule has 5 nitrogen and oxygen atoms in total. The van der Waals surface area contributed by atoms with Crippen LogP contribution in [-0.4, -0.2) is 20.9 Å². The fourth-order valence-electron chi connectivity index (χ4n) is 2.95. The van der Waals surface area contributed by atoms with Gasteiger partial charge >= 0.3 is 0 Å². The molecule has 0 atom stereocenters. The van der Waals surface area contributed by atoms with Crippen LogP contribution in [0.25, 0.3) is 22.6 Å². The molecular weight excluding hydrogens is 360 g/mol. The lowest BCUT2D eigenvalue weighted by atomic mass is 10.1. The summed E-state index contributed by atoms with van der Waals surface area (Å²) < 4.78 is 0. The number of aromatic nitrogens is 3. The summed E-state index contributed by atoms with van der Waals surface area (Å²) in [6, 6.07) is 19.3. The molecule has 0 saturated heterocycles. The molecule has 2 aromatic heterocycles. The number of nitrogens with one attached hydrogen (secondary N) is 1. The molecule has 0 unspecified atom stereocenters. The van der Waals surface area contributed by atoms with E-state index in [9.17, 15) is 4.79 Å².